The van der Waals surface area contributed by atoms with E-state index in [2.05, 4.69) is 5.32 Å². The zero-order chi connectivity index (χ0) is 15.1. The van der Waals surface area contributed by atoms with E-state index in [1.165, 1.54) is 4.88 Å². The van der Waals surface area contributed by atoms with Gasteiger partial charge >= 0.3 is 0 Å². The van der Waals surface area contributed by atoms with Crippen LogP contribution in [0.3, 0.4) is 0 Å². The van der Waals surface area contributed by atoms with Crippen molar-refractivity contribution >= 4 is 17.2 Å². The average Bonchev–Trinajstić information content (AvgIpc) is 3.01. The van der Waals surface area contributed by atoms with E-state index < -0.39 is 6.10 Å². The largest absolute Gasteiger partial charge is 0.481 e. The summed E-state index contributed by atoms with van der Waals surface area (Å²) in [6.45, 7) is 2.30. The minimum atomic E-state index is -0.568. The Bertz CT molecular complexity index is 615. The SMILES string of the molecule is CC(Oc1ccc(C#N)cc1)C(=O)NCCc1cccs1. The molecule has 2 rings (SSSR count). The Morgan fingerprint density at radius 2 is 2.14 bits per heavy atom. The number of thiophene rings is 1. The highest BCUT2D eigenvalue weighted by Gasteiger charge is 2.14. The number of ether oxygens (including phenoxy) is 1. The summed E-state index contributed by atoms with van der Waals surface area (Å²) in [5.74, 6) is 0.436. The Morgan fingerprint density at radius 1 is 1.38 bits per heavy atom. The van der Waals surface area contributed by atoms with Crippen molar-refractivity contribution < 1.29 is 9.53 Å². The molecule has 1 N–H and O–H groups in total. The fraction of sp³-hybridized carbons (Fsp3) is 0.250. The van der Waals surface area contributed by atoms with E-state index in [1.54, 1.807) is 42.5 Å². The molecule has 5 heteroatoms. The van der Waals surface area contributed by atoms with E-state index in [9.17, 15) is 4.79 Å². The smallest absolute Gasteiger partial charge is 0.260 e. The van der Waals surface area contributed by atoms with Gasteiger partial charge < -0.3 is 10.1 Å². The molecule has 0 aliphatic heterocycles. The van der Waals surface area contributed by atoms with Gasteiger partial charge in [0, 0.05) is 11.4 Å². The van der Waals surface area contributed by atoms with Gasteiger partial charge in [0.2, 0.25) is 0 Å². The van der Waals surface area contributed by atoms with Gasteiger partial charge in [0.05, 0.1) is 11.6 Å². The molecule has 1 unspecified atom stereocenters. The van der Waals surface area contributed by atoms with Gasteiger partial charge in [-0.1, -0.05) is 6.07 Å². The third kappa shape index (κ3) is 4.62. The van der Waals surface area contributed by atoms with Gasteiger partial charge in [0.15, 0.2) is 6.10 Å². The molecule has 1 amide bonds. The van der Waals surface area contributed by atoms with Crippen LogP contribution >= 0.6 is 11.3 Å². The molecule has 1 heterocycles. The lowest BCUT2D eigenvalue weighted by molar-refractivity contribution is -0.127. The quantitative estimate of drug-likeness (QED) is 0.892. The molecule has 0 saturated heterocycles. The number of rotatable bonds is 6. The van der Waals surface area contributed by atoms with E-state index in [4.69, 9.17) is 10.00 Å². The summed E-state index contributed by atoms with van der Waals surface area (Å²) in [6, 6.07) is 12.8. The molecule has 0 aliphatic carbocycles. The van der Waals surface area contributed by atoms with Crippen molar-refractivity contribution in [1.82, 2.24) is 5.32 Å². The molecule has 1 aromatic heterocycles. The van der Waals surface area contributed by atoms with Crippen LogP contribution in [0.5, 0.6) is 5.75 Å². The van der Waals surface area contributed by atoms with Crippen LogP contribution in [0.15, 0.2) is 41.8 Å². The van der Waals surface area contributed by atoms with Crippen LogP contribution in [-0.2, 0) is 11.2 Å². The number of hydrogen-bond acceptors (Lipinski definition) is 4. The van der Waals surface area contributed by atoms with Gasteiger partial charge in [-0.25, -0.2) is 0 Å². The third-order valence-corrected chi connectivity index (χ3v) is 3.85. The molecular formula is C16H16N2O2S. The first-order valence-electron chi connectivity index (χ1n) is 6.66. The van der Waals surface area contributed by atoms with Gasteiger partial charge in [-0.2, -0.15) is 5.26 Å². The van der Waals surface area contributed by atoms with Gasteiger partial charge in [0.1, 0.15) is 5.75 Å². The second-order valence-corrected chi connectivity index (χ2v) is 5.55. The second-order valence-electron chi connectivity index (χ2n) is 4.52. The molecule has 0 fully saturated rings. The lowest BCUT2D eigenvalue weighted by Crippen LogP contribution is -2.37. The van der Waals surface area contributed by atoms with Crippen LogP contribution in [0.25, 0.3) is 0 Å². The molecular weight excluding hydrogens is 284 g/mol. The molecule has 1 atom stereocenters. The summed E-state index contributed by atoms with van der Waals surface area (Å²) in [7, 11) is 0. The molecule has 2 aromatic rings. The van der Waals surface area contributed by atoms with Gasteiger partial charge in [0.25, 0.3) is 5.91 Å². The lowest BCUT2D eigenvalue weighted by Gasteiger charge is -2.14. The third-order valence-electron chi connectivity index (χ3n) is 2.92. The summed E-state index contributed by atoms with van der Waals surface area (Å²) < 4.78 is 5.54. The summed E-state index contributed by atoms with van der Waals surface area (Å²) in [5.41, 5.74) is 0.565. The molecule has 1 aromatic carbocycles. The predicted octanol–water partition coefficient (Wildman–Crippen LogP) is 2.75. The standard InChI is InChI=1S/C16H16N2O2S/c1-12(20-14-6-4-13(11-17)5-7-14)16(19)18-9-8-15-3-2-10-21-15/h2-7,10,12H,8-9H2,1H3,(H,18,19). The van der Waals surface area contributed by atoms with Crippen molar-refractivity contribution in [2.45, 2.75) is 19.4 Å². The Hall–Kier alpha value is -2.32. The van der Waals surface area contributed by atoms with Crippen molar-refractivity contribution in [3.8, 4) is 11.8 Å². The van der Waals surface area contributed by atoms with E-state index in [-0.39, 0.29) is 5.91 Å². The minimum absolute atomic E-state index is 0.143. The maximum absolute atomic E-state index is 11.9. The van der Waals surface area contributed by atoms with Crippen molar-refractivity contribution in [2.24, 2.45) is 0 Å². The van der Waals surface area contributed by atoms with Crippen LogP contribution in [0.1, 0.15) is 17.4 Å². The topological polar surface area (TPSA) is 62.1 Å². The van der Waals surface area contributed by atoms with E-state index in [0.29, 0.717) is 17.9 Å². The molecule has 0 bridgehead atoms. The van der Waals surface area contributed by atoms with Crippen molar-refractivity contribution in [1.29, 1.82) is 5.26 Å². The summed E-state index contributed by atoms with van der Waals surface area (Å²) >= 11 is 1.68. The Morgan fingerprint density at radius 3 is 2.76 bits per heavy atom. The number of amides is 1. The number of nitrogens with zero attached hydrogens (tertiary/aromatic N) is 1. The molecule has 0 radical (unpaired) electrons. The summed E-state index contributed by atoms with van der Waals surface area (Å²) in [4.78, 5) is 13.2. The first kappa shape index (κ1) is 15.1. The number of carbonyl (C=O) groups excluding carboxylic acids is 1. The first-order valence-corrected chi connectivity index (χ1v) is 7.54. The highest BCUT2D eigenvalue weighted by Crippen LogP contribution is 2.13. The molecule has 0 aliphatic rings. The van der Waals surface area contributed by atoms with Crippen LogP contribution in [-0.4, -0.2) is 18.6 Å². The second kappa shape index (κ2) is 7.46. The number of carbonyl (C=O) groups is 1. The van der Waals surface area contributed by atoms with Crippen molar-refractivity contribution in [3.05, 3.63) is 52.2 Å². The zero-order valence-electron chi connectivity index (χ0n) is 11.7. The summed E-state index contributed by atoms with van der Waals surface area (Å²) in [5, 5.41) is 13.6. The van der Waals surface area contributed by atoms with E-state index in [1.807, 2.05) is 23.6 Å². The Kier molecular flexibility index (Phi) is 5.35. The Balaban J connectivity index is 1.77. The predicted molar refractivity (Wildman–Crippen MR) is 82.3 cm³/mol. The fourth-order valence-corrected chi connectivity index (χ4v) is 2.48. The number of nitriles is 1. The zero-order valence-corrected chi connectivity index (χ0v) is 12.5. The number of hydrogen-bond donors (Lipinski definition) is 1. The van der Waals surface area contributed by atoms with Crippen LogP contribution in [0.2, 0.25) is 0 Å². The van der Waals surface area contributed by atoms with Crippen LogP contribution < -0.4 is 10.1 Å². The van der Waals surface area contributed by atoms with Crippen molar-refractivity contribution in [2.75, 3.05) is 6.54 Å². The molecule has 0 spiro atoms. The monoisotopic (exact) mass is 300 g/mol. The Labute approximate surface area is 128 Å². The van der Waals surface area contributed by atoms with E-state index in [0.717, 1.165) is 6.42 Å². The number of benzene rings is 1. The van der Waals surface area contributed by atoms with Crippen LogP contribution in [0, 0.1) is 11.3 Å². The number of nitrogens with one attached hydrogen (secondary N) is 1. The molecule has 108 valence electrons. The lowest BCUT2D eigenvalue weighted by atomic mass is 10.2. The molecule has 0 saturated carbocycles. The summed E-state index contributed by atoms with van der Waals surface area (Å²) in [6.07, 6.45) is 0.258. The average molecular weight is 300 g/mol. The highest BCUT2D eigenvalue weighted by atomic mass is 32.1. The maximum atomic E-state index is 11.9. The highest BCUT2D eigenvalue weighted by molar-refractivity contribution is 7.09. The molecule has 4 nitrogen and oxygen atoms in total. The first-order chi connectivity index (χ1) is 10.2. The van der Waals surface area contributed by atoms with Gasteiger partial charge in [-0.15, -0.1) is 11.3 Å². The van der Waals surface area contributed by atoms with Gasteiger partial charge in [-0.05, 0) is 49.1 Å². The minimum Gasteiger partial charge on any atom is -0.481 e. The van der Waals surface area contributed by atoms with E-state index >= 15 is 0 Å². The van der Waals surface area contributed by atoms with Crippen LogP contribution in [0.4, 0.5) is 0 Å². The van der Waals surface area contributed by atoms with Gasteiger partial charge in [-0.3, -0.25) is 4.79 Å². The van der Waals surface area contributed by atoms with Crippen molar-refractivity contribution in [3.63, 3.8) is 0 Å². The maximum Gasteiger partial charge on any atom is 0.260 e. The fourth-order valence-electron chi connectivity index (χ4n) is 1.77. The molecule has 21 heavy (non-hydrogen) atoms. The normalized spacial score (nSPS) is 11.4.